The molecule has 100 valence electrons. The first-order valence-electron chi connectivity index (χ1n) is 5.79. The van der Waals surface area contributed by atoms with Gasteiger partial charge in [0.2, 0.25) is 0 Å². The van der Waals surface area contributed by atoms with Crippen molar-refractivity contribution in [2.45, 2.75) is 10.9 Å². The Morgan fingerprint density at radius 1 is 1.21 bits per heavy atom. The van der Waals surface area contributed by atoms with Crippen LogP contribution >= 0.6 is 39.3 Å². The van der Waals surface area contributed by atoms with E-state index in [4.69, 9.17) is 17.4 Å². The number of benzene rings is 2. The lowest BCUT2D eigenvalue weighted by Crippen LogP contribution is -2.29. The van der Waals surface area contributed by atoms with Crippen molar-refractivity contribution in [2.75, 3.05) is 5.75 Å². The van der Waals surface area contributed by atoms with Gasteiger partial charge in [-0.15, -0.1) is 11.8 Å². The highest BCUT2D eigenvalue weighted by atomic mass is 79.9. The molecule has 0 aliphatic rings. The largest absolute Gasteiger partial charge is 0.271 e. The molecule has 0 saturated carbocycles. The number of hydrogen-bond donors (Lipinski definition) is 2. The molecule has 2 aromatic rings. The van der Waals surface area contributed by atoms with E-state index in [0.29, 0.717) is 0 Å². The van der Waals surface area contributed by atoms with Gasteiger partial charge in [0.15, 0.2) is 0 Å². The third-order valence-electron chi connectivity index (χ3n) is 2.69. The molecule has 3 N–H and O–H groups in total. The van der Waals surface area contributed by atoms with Crippen molar-refractivity contribution in [2.24, 2.45) is 5.84 Å². The second-order valence-corrected chi connectivity index (χ2v) is 6.43. The quantitative estimate of drug-likeness (QED) is 0.473. The number of halogens is 2. The molecule has 0 spiro atoms. The standard InChI is InChI=1S/C14H14BrClN2S/c15-10-4-3-5-11(8-10)19-9-14(18-17)12-6-1-2-7-13(12)16/h1-8,14,18H,9,17H2. The summed E-state index contributed by atoms with van der Waals surface area (Å²) in [5, 5.41) is 0.736. The Labute approximate surface area is 130 Å². The molecule has 0 amide bonds. The zero-order valence-corrected chi connectivity index (χ0v) is 13.3. The molecule has 5 heteroatoms. The Hall–Kier alpha value is -0.520. The van der Waals surface area contributed by atoms with Crippen molar-refractivity contribution in [3.05, 3.63) is 63.6 Å². The molecule has 0 heterocycles. The van der Waals surface area contributed by atoms with Gasteiger partial charge in [-0.2, -0.15) is 0 Å². The second-order valence-electron chi connectivity index (χ2n) is 4.01. The van der Waals surface area contributed by atoms with Crippen molar-refractivity contribution in [1.82, 2.24) is 5.43 Å². The molecule has 0 bridgehead atoms. The van der Waals surface area contributed by atoms with Gasteiger partial charge in [0.05, 0.1) is 6.04 Å². The highest BCUT2D eigenvalue weighted by molar-refractivity contribution is 9.10. The minimum Gasteiger partial charge on any atom is -0.271 e. The van der Waals surface area contributed by atoms with Crippen LogP contribution in [-0.4, -0.2) is 5.75 Å². The zero-order chi connectivity index (χ0) is 13.7. The van der Waals surface area contributed by atoms with Crippen molar-refractivity contribution < 1.29 is 0 Å². The fraction of sp³-hybridized carbons (Fsp3) is 0.143. The van der Waals surface area contributed by atoms with Crippen LogP contribution in [-0.2, 0) is 0 Å². The number of hydrogen-bond acceptors (Lipinski definition) is 3. The minimum absolute atomic E-state index is 0.0256. The molecule has 0 saturated heterocycles. The number of thioether (sulfide) groups is 1. The Balaban J connectivity index is 2.06. The topological polar surface area (TPSA) is 38.0 Å². The van der Waals surface area contributed by atoms with E-state index in [1.165, 1.54) is 4.90 Å². The lowest BCUT2D eigenvalue weighted by atomic mass is 10.1. The maximum atomic E-state index is 6.19. The van der Waals surface area contributed by atoms with E-state index in [9.17, 15) is 0 Å². The lowest BCUT2D eigenvalue weighted by molar-refractivity contribution is 0.611. The van der Waals surface area contributed by atoms with E-state index in [-0.39, 0.29) is 6.04 Å². The number of nitrogens with one attached hydrogen (secondary N) is 1. The summed E-state index contributed by atoms with van der Waals surface area (Å²) in [6.07, 6.45) is 0. The van der Waals surface area contributed by atoms with Gasteiger partial charge in [0.25, 0.3) is 0 Å². The average Bonchev–Trinajstić information content (AvgIpc) is 2.41. The summed E-state index contributed by atoms with van der Waals surface area (Å²) in [6, 6.07) is 16.0. The molecule has 2 nitrogen and oxygen atoms in total. The van der Waals surface area contributed by atoms with Crippen LogP contribution in [0.3, 0.4) is 0 Å². The monoisotopic (exact) mass is 356 g/mol. The predicted octanol–water partition coefficient (Wildman–Crippen LogP) is 4.40. The summed E-state index contributed by atoms with van der Waals surface area (Å²) >= 11 is 11.4. The van der Waals surface area contributed by atoms with E-state index in [0.717, 1.165) is 20.8 Å². The van der Waals surface area contributed by atoms with Gasteiger partial charge in [0.1, 0.15) is 0 Å². The highest BCUT2D eigenvalue weighted by Crippen LogP contribution is 2.29. The summed E-state index contributed by atoms with van der Waals surface area (Å²) in [5.41, 5.74) is 3.85. The summed E-state index contributed by atoms with van der Waals surface area (Å²) in [5.74, 6) is 6.45. The molecule has 1 atom stereocenters. The van der Waals surface area contributed by atoms with E-state index < -0.39 is 0 Å². The van der Waals surface area contributed by atoms with Crippen LogP contribution < -0.4 is 11.3 Å². The summed E-state index contributed by atoms with van der Waals surface area (Å²) in [4.78, 5) is 1.20. The molecule has 0 aliphatic carbocycles. The van der Waals surface area contributed by atoms with Gasteiger partial charge in [-0.05, 0) is 29.8 Å². The maximum absolute atomic E-state index is 6.19. The Kier molecular flexibility index (Phi) is 5.73. The Morgan fingerprint density at radius 2 is 2.00 bits per heavy atom. The average molecular weight is 358 g/mol. The Morgan fingerprint density at radius 3 is 2.68 bits per heavy atom. The molecule has 1 unspecified atom stereocenters. The second kappa shape index (κ2) is 7.31. The molecule has 2 aromatic carbocycles. The first-order chi connectivity index (χ1) is 9.20. The molecule has 0 aliphatic heterocycles. The fourth-order valence-corrected chi connectivity index (χ4v) is 3.56. The molecule has 0 aromatic heterocycles. The summed E-state index contributed by atoms with van der Waals surface area (Å²) in [7, 11) is 0. The van der Waals surface area contributed by atoms with Crippen LogP contribution in [0.1, 0.15) is 11.6 Å². The summed E-state index contributed by atoms with van der Waals surface area (Å²) in [6.45, 7) is 0. The first-order valence-corrected chi connectivity index (χ1v) is 7.95. The lowest BCUT2D eigenvalue weighted by Gasteiger charge is -2.17. The van der Waals surface area contributed by atoms with Crippen LogP contribution in [0.15, 0.2) is 57.9 Å². The predicted molar refractivity (Wildman–Crippen MR) is 86.4 cm³/mol. The van der Waals surface area contributed by atoms with Gasteiger partial charge >= 0.3 is 0 Å². The third-order valence-corrected chi connectivity index (χ3v) is 4.62. The maximum Gasteiger partial charge on any atom is 0.0568 e. The number of rotatable bonds is 5. The van der Waals surface area contributed by atoms with Crippen molar-refractivity contribution in [1.29, 1.82) is 0 Å². The van der Waals surface area contributed by atoms with Crippen LogP contribution in [0, 0.1) is 0 Å². The minimum atomic E-state index is 0.0256. The van der Waals surface area contributed by atoms with Crippen LogP contribution in [0.5, 0.6) is 0 Å². The van der Waals surface area contributed by atoms with Crippen LogP contribution in [0.25, 0.3) is 0 Å². The molecule has 0 radical (unpaired) electrons. The number of hydrazine groups is 1. The first kappa shape index (κ1) is 14.9. The highest BCUT2D eigenvalue weighted by Gasteiger charge is 2.13. The van der Waals surface area contributed by atoms with E-state index in [2.05, 4.69) is 33.5 Å². The van der Waals surface area contributed by atoms with Gasteiger partial charge in [-0.3, -0.25) is 11.3 Å². The SMILES string of the molecule is NNC(CSc1cccc(Br)c1)c1ccccc1Cl. The Bertz CT molecular complexity index is 550. The molecule has 0 fully saturated rings. The van der Waals surface area contributed by atoms with Crippen molar-refractivity contribution >= 4 is 39.3 Å². The molecule has 19 heavy (non-hydrogen) atoms. The van der Waals surface area contributed by atoms with Crippen LogP contribution in [0.2, 0.25) is 5.02 Å². The van der Waals surface area contributed by atoms with Crippen molar-refractivity contribution in [3.8, 4) is 0 Å². The van der Waals surface area contributed by atoms with E-state index in [1.807, 2.05) is 36.4 Å². The normalized spacial score (nSPS) is 12.4. The summed E-state index contributed by atoms with van der Waals surface area (Å²) < 4.78 is 1.08. The smallest absolute Gasteiger partial charge is 0.0568 e. The van der Waals surface area contributed by atoms with Gasteiger partial charge in [-0.25, -0.2) is 0 Å². The third kappa shape index (κ3) is 4.23. The van der Waals surface area contributed by atoms with Gasteiger partial charge in [-0.1, -0.05) is 51.8 Å². The van der Waals surface area contributed by atoms with Crippen LogP contribution in [0.4, 0.5) is 0 Å². The van der Waals surface area contributed by atoms with Gasteiger partial charge < -0.3 is 0 Å². The molecule has 2 rings (SSSR count). The van der Waals surface area contributed by atoms with E-state index in [1.54, 1.807) is 11.8 Å². The number of nitrogens with two attached hydrogens (primary N) is 1. The zero-order valence-electron chi connectivity index (χ0n) is 10.1. The molecular weight excluding hydrogens is 344 g/mol. The van der Waals surface area contributed by atoms with Gasteiger partial charge in [0, 0.05) is 20.1 Å². The molecular formula is C14H14BrClN2S. The van der Waals surface area contributed by atoms with E-state index >= 15 is 0 Å². The fourth-order valence-electron chi connectivity index (χ4n) is 1.72. The van der Waals surface area contributed by atoms with Crippen molar-refractivity contribution in [3.63, 3.8) is 0 Å².